The molecule has 0 unspecified atom stereocenters. The lowest BCUT2D eigenvalue weighted by Crippen LogP contribution is -2.44. The first-order chi connectivity index (χ1) is 14.3. The number of hydrogen-bond donors (Lipinski definition) is 3. The minimum atomic E-state index is -0.477. The molecule has 2 aliphatic rings. The second kappa shape index (κ2) is 8.41. The molecule has 1 saturated carbocycles. The van der Waals surface area contributed by atoms with Crippen LogP contribution in [0, 0.1) is 0 Å². The number of nitrogens with one attached hydrogen (secondary N) is 3. The molecular formula is C20H28BrN7O2. The summed E-state index contributed by atoms with van der Waals surface area (Å²) in [5, 5.41) is 14.0. The van der Waals surface area contributed by atoms with Gasteiger partial charge in [0.05, 0.1) is 10.2 Å². The first kappa shape index (κ1) is 20.9. The Hall–Kier alpha value is -2.36. The van der Waals surface area contributed by atoms with Gasteiger partial charge in [0.25, 0.3) is 0 Å². The monoisotopic (exact) mass is 477 g/mol. The molecule has 0 radical (unpaired) electrons. The van der Waals surface area contributed by atoms with Gasteiger partial charge >= 0.3 is 6.09 Å². The van der Waals surface area contributed by atoms with Crippen LogP contribution >= 0.6 is 15.9 Å². The second-order valence-electron chi connectivity index (χ2n) is 8.88. The first-order valence-corrected chi connectivity index (χ1v) is 11.2. The summed E-state index contributed by atoms with van der Waals surface area (Å²) in [6, 6.07) is 2.23. The Morgan fingerprint density at radius 3 is 2.67 bits per heavy atom. The highest BCUT2D eigenvalue weighted by Gasteiger charge is 2.28. The van der Waals surface area contributed by atoms with E-state index in [1.165, 1.54) is 12.8 Å². The van der Waals surface area contributed by atoms with E-state index in [1.54, 1.807) is 11.1 Å². The van der Waals surface area contributed by atoms with Crippen molar-refractivity contribution in [3.05, 3.63) is 22.4 Å². The van der Waals surface area contributed by atoms with E-state index in [4.69, 9.17) is 4.74 Å². The van der Waals surface area contributed by atoms with Crippen molar-refractivity contribution in [3.63, 3.8) is 0 Å². The van der Waals surface area contributed by atoms with Crippen molar-refractivity contribution in [2.24, 2.45) is 0 Å². The molecule has 0 aromatic carbocycles. The molecule has 1 saturated heterocycles. The number of anilines is 3. The molecule has 4 rings (SSSR count). The van der Waals surface area contributed by atoms with Crippen LogP contribution in [0.15, 0.2) is 16.7 Å². The molecule has 3 N–H and O–H groups in total. The summed E-state index contributed by atoms with van der Waals surface area (Å²) in [5.74, 6) is 2.63. The highest BCUT2D eigenvalue weighted by molar-refractivity contribution is 9.10. The molecular weight excluding hydrogens is 450 g/mol. The van der Waals surface area contributed by atoms with Gasteiger partial charge in [0.1, 0.15) is 11.4 Å². The van der Waals surface area contributed by atoms with Crippen molar-refractivity contribution in [2.45, 2.75) is 64.0 Å². The second-order valence-corrected chi connectivity index (χ2v) is 9.74. The Morgan fingerprint density at radius 1 is 1.27 bits per heavy atom. The number of carbonyl (C=O) groups is 1. The van der Waals surface area contributed by atoms with Crippen LogP contribution in [-0.2, 0) is 4.74 Å². The van der Waals surface area contributed by atoms with Crippen molar-refractivity contribution in [2.75, 3.05) is 23.7 Å². The molecule has 0 atom stereocenters. The number of likely N-dealkylation sites (tertiary alicyclic amines) is 1. The molecule has 0 spiro atoms. The number of hydrogen-bond acceptors (Lipinski definition) is 7. The molecule has 1 amide bonds. The van der Waals surface area contributed by atoms with Crippen LogP contribution in [0.25, 0.3) is 0 Å². The number of aromatic nitrogens is 4. The van der Waals surface area contributed by atoms with Crippen LogP contribution in [0.2, 0.25) is 0 Å². The average molecular weight is 478 g/mol. The van der Waals surface area contributed by atoms with Gasteiger partial charge in [0, 0.05) is 37.3 Å². The topological polar surface area (TPSA) is 108 Å². The number of piperidine rings is 1. The SMILES string of the molecule is CC(C)(C)OC(=O)N1CCC(Nc2ncc(Br)c(Nc3cc(C4CC4)n[nH]3)n2)CC1. The molecule has 9 nitrogen and oxygen atoms in total. The predicted molar refractivity (Wildman–Crippen MR) is 118 cm³/mol. The highest BCUT2D eigenvalue weighted by atomic mass is 79.9. The van der Waals surface area contributed by atoms with E-state index in [2.05, 4.69) is 46.7 Å². The van der Waals surface area contributed by atoms with Crippen LogP contribution in [0.1, 0.15) is 58.1 Å². The van der Waals surface area contributed by atoms with Gasteiger partial charge in [0.2, 0.25) is 5.95 Å². The molecule has 1 aliphatic carbocycles. The summed E-state index contributed by atoms with van der Waals surface area (Å²) in [6.07, 6.45) is 5.52. The third kappa shape index (κ3) is 5.41. The third-order valence-corrected chi connectivity index (χ3v) is 5.65. The van der Waals surface area contributed by atoms with Crippen LogP contribution < -0.4 is 10.6 Å². The highest BCUT2D eigenvalue weighted by Crippen LogP contribution is 2.39. The molecule has 30 heavy (non-hydrogen) atoms. The summed E-state index contributed by atoms with van der Waals surface area (Å²) in [4.78, 5) is 23.0. The van der Waals surface area contributed by atoms with Crippen LogP contribution in [-0.4, -0.2) is 55.9 Å². The molecule has 3 heterocycles. The summed E-state index contributed by atoms with van der Waals surface area (Å²) in [6.45, 7) is 6.93. The quantitative estimate of drug-likeness (QED) is 0.585. The number of nitrogens with zero attached hydrogens (tertiary/aromatic N) is 4. The molecule has 162 valence electrons. The number of rotatable bonds is 5. The Labute approximate surface area is 184 Å². The van der Waals surface area contributed by atoms with E-state index in [0.717, 1.165) is 28.8 Å². The van der Waals surface area contributed by atoms with Gasteiger partial charge in [-0.05, 0) is 62.4 Å². The van der Waals surface area contributed by atoms with E-state index in [-0.39, 0.29) is 12.1 Å². The Morgan fingerprint density at radius 2 is 2.00 bits per heavy atom. The maximum absolute atomic E-state index is 12.2. The third-order valence-electron chi connectivity index (χ3n) is 5.07. The standard InChI is InChI=1S/C20H28BrN7O2/c1-20(2,3)30-19(29)28-8-6-13(7-9-28)23-18-22-11-14(21)17(25-18)24-16-10-15(26-27-16)12-4-5-12/h10-13H,4-9H2,1-3H3,(H3,22,23,24,25,26,27). The number of H-pyrrole nitrogens is 1. The van der Waals surface area contributed by atoms with Crippen molar-refractivity contribution in [3.8, 4) is 0 Å². The van der Waals surface area contributed by atoms with Crippen LogP contribution in [0.3, 0.4) is 0 Å². The number of halogens is 1. The van der Waals surface area contributed by atoms with E-state index in [1.807, 2.05) is 26.8 Å². The lowest BCUT2D eigenvalue weighted by atomic mass is 10.1. The van der Waals surface area contributed by atoms with Crippen molar-refractivity contribution in [1.82, 2.24) is 25.1 Å². The summed E-state index contributed by atoms with van der Waals surface area (Å²) in [5.41, 5.74) is 0.618. The molecule has 2 fully saturated rings. The van der Waals surface area contributed by atoms with Gasteiger partial charge in [-0.2, -0.15) is 10.1 Å². The van der Waals surface area contributed by atoms with E-state index in [9.17, 15) is 4.79 Å². The minimum absolute atomic E-state index is 0.200. The van der Waals surface area contributed by atoms with Crippen LogP contribution in [0.5, 0.6) is 0 Å². The lowest BCUT2D eigenvalue weighted by Gasteiger charge is -2.33. The van der Waals surface area contributed by atoms with E-state index < -0.39 is 5.60 Å². The van der Waals surface area contributed by atoms with Crippen LogP contribution in [0.4, 0.5) is 22.4 Å². The Kier molecular flexibility index (Phi) is 5.86. The van der Waals surface area contributed by atoms with E-state index >= 15 is 0 Å². The number of amides is 1. The van der Waals surface area contributed by atoms with Crippen molar-refractivity contribution >= 4 is 39.6 Å². The van der Waals surface area contributed by atoms with E-state index in [0.29, 0.717) is 30.8 Å². The van der Waals surface area contributed by atoms with Gasteiger partial charge in [0.15, 0.2) is 5.82 Å². The summed E-state index contributed by atoms with van der Waals surface area (Å²) in [7, 11) is 0. The molecule has 10 heteroatoms. The number of ether oxygens (including phenoxy) is 1. The fourth-order valence-corrected chi connectivity index (χ4v) is 3.65. The largest absolute Gasteiger partial charge is 0.444 e. The zero-order valence-corrected chi connectivity index (χ0v) is 19.1. The van der Waals surface area contributed by atoms with Gasteiger partial charge in [-0.25, -0.2) is 9.78 Å². The average Bonchev–Trinajstić information content (AvgIpc) is 3.43. The molecule has 0 bridgehead atoms. The fourth-order valence-electron chi connectivity index (χ4n) is 3.36. The first-order valence-electron chi connectivity index (χ1n) is 10.4. The maximum atomic E-state index is 12.2. The van der Waals surface area contributed by atoms with Gasteiger partial charge in [-0.3, -0.25) is 5.10 Å². The fraction of sp³-hybridized carbons (Fsp3) is 0.600. The number of carbonyl (C=O) groups excluding carboxylic acids is 1. The zero-order valence-electron chi connectivity index (χ0n) is 17.5. The van der Waals surface area contributed by atoms with Crippen molar-refractivity contribution in [1.29, 1.82) is 0 Å². The molecule has 2 aromatic rings. The molecule has 2 aromatic heterocycles. The smallest absolute Gasteiger partial charge is 0.410 e. The van der Waals surface area contributed by atoms with Crippen molar-refractivity contribution < 1.29 is 9.53 Å². The normalized spacial score (nSPS) is 17.7. The lowest BCUT2D eigenvalue weighted by molar-refractivity contribution is 0.0210. The maximum Gasteiger partial charge on any atom is 0.410 e. The Balaban J connectivity index is 1.33. The van der Waals surface area contributed by atoms with Gasteiger partial charge in [-0.1, -0.05) is 0 Å². The van der Waals surface area contributed by atoms with Gasteiger partial charge in [-0.15, -0.1) is 0 Å². The zero-order chi connectivity index (χ0) is 21.3. The summed E-state index contributed by atoms with van der Waals surface area (Å²) >= 11 is 3.50. The predicted octanol–water partition coefficient (Wildman–Crippen LogP) is 4.39. The Bertz CT molecular complexity index is 899. The summed E-state index contributed by atoms with van der Waals surface area (Å²) < 4.78 is 6.23. The van der Waals surface area contributed by atoms with Gasteiger partial charge < -0.3 is 20.3 Å². The number of aromatic amines is 1. The minimum Gasteiger partial charge on any atom is -0.444 e. The molecule has 1 aliphatic heterocycles.